The molecule has 0 bridgehead atoms. The van der Waals surface area contributed by atoms with E-state index in [9.17, 15) is 4.39 Å². The maximum Gasteiger partial charge on any atom is 0.191 e. The van der Waals surface area contributed by atoms with Crippen LogP contribution in [0, 0.1) is 5.82 Å². The molecule has 1 aliphatic rings. The van der Waals surface area contributed by atoms with Gasteiger partial charge in [0.25, 0.3) is 0 Å². The summed E-state index contributed by atoms with van der Waals surface area (Å²) in [5.74, 6) is 0.499. The van der Waals surface area contributed by atoms with E-state index < -0.39 is 0 Å². The first-order chi connectivity index (χ1) is 12.6. The van der Waals surface area contributed by atoms with Crippen molar-refractivity contribution in [2.45, 2.75) is 31.7 Å². The molecule has 1 aromatic rings. The number of benzene rings is 1. The Hall–Kier alpha value is -0.640. The Bertz CT molecular complexity index is 583. The van der Waals surface area contributed by atoms with Crippen LogP contribution in [0.15, 0.2) is 23.2 Å². The fraction of sp³-hybridized carbons (Fsp3) is 0.632. The molecule has 154 valence electrons. The number of methoxy groups -OCH3 is 1. The summed E-state index contributed by atoms with van der Waals surface area (Å²) in [6.45, 7) is 4.83. The number of hydrogen-bond acceptors (Lipinski definition) is 3. The number of rotatable bonds is 8. The summed E-state index contributed by atoms with van der Waals surface area (Å²) in [5, 5.41) is 7.28. The molecule has 2 N–H and O–H groups in total. The molecule has 5 nitrogen and oxygen atoms in total. The van der Waals surface area contributed by atoms with Crippen molar-refractivity contribution in [1.82, 2.24) is 15.5 Å². The van der Waals surface area contributed by atoms with Gasteiger partial charge in [0, 0.05) is 58.0 Å². The van der Waals surface area contributed by atoms with Gasteiger partial charge in [0.1, 0.15) is 5.82 Å². The second-order valence-corrected chi connectivity index (χ2v) is 7.00. The number of piperidine rings is 1. The summed E-state index contributed by atoms with van der Waals surface area (Å²) >= 11 is 6.07. The second kappa shape index (κ2) is 13.5. The molecule has 2 rings (SSSR count). The van der Waals surface area contributed by atoms with Crippen molar-refractivity contribution in [1.29, 1.82) is 0 Å². The third kappa shape index (κ3) is 8.93. The number of likely N-dealkylation sites (tertiary alicyclic amines) is 1. The fourth-order valence-corrected chi connectivity index (χ4v) is 3.42. The Morgan fingerprint density at radius 2 is 2.11 bits per heavy atom. The normalized spacial score (nSPS) is 16.1. The van der Waals surface area contributed by atoms with Crippen molar-refractivity contribution in [2.75, 3.05) is 46.9 Å². The minimum atomic E-state index is -0.308. The topological polar surface area (TPSA) is 48.9 Å². The first-order valence-corrected chi connectivity index (χ1v) is 9.62. The van der Waals surface area contributed by atoms with Gasteiger partial charge in [-0.3, -0.25) is 4.99 Å². The average molecular weight is 513 g/mol. The summed E-state index contributed by atoms with van der Waals surface area (Å²) in [4.78, 5) is 6.79. The molecule has 1 fully saturated rings. The van der Waals surface area contributed by atoms with Crippen LogP contribution in [-0.4, -0.2) is 63.8 Å². The number of nitrogens with one attached hydrogen (secondary N) is 2. The highest BCUT2D eigenvalue weighted by molar-refractivity contribution is 14.0. The Kier molecular flexibility index (Phi) is 12.2. The van der Waals surface area contributed by atoms with Gasteiger partial charge in [0.2, 0.25) is 0 Å². The monoisotopic (exact) mass is 512 g/mol. The van der Waals surface area contributed by atoms with E-state index in [0.29, 0.717) is 17.6 Å². The van der Waals surface area contributed by atoms with Crippen molar-refractivity contribution < 1.29 is 9.13 Å². The molecule has 1 saturated heterocycles. The molecule has 0 saturated carbocycles. The highest BCUT2D eigenvalue weighted by Crippen LogP contribution is 2.17. The fourth-order valence-electron chi connectivity index (χ4n) is 3.16. The lowest BCUT2D eigenvalue weighted by Gasteiger charge is -2.33. The first-order valence-electron chi connectivity index (χ1n) is 9.24. The molecular weight excluding hydrogens is 482 g/mol. The molecule has 0 radical (unpaired) electrons. The summed E-state index contributed by atoms with van der Waals surface area (Å²) in [6.07, 6.45) is 4.02. The molecule has 1 heterocycles. The van der Waals surface area contributed by atoms with Crippen LogP contribution in [0.1, 0.15) is 24.8 Å². The predicted octanol–water partition coefficient (Wildman–Crippen LogP) is 3.31. The Labute approximate surface area is 184 Å². The van der Waals surface area contributed by atoms with Crippen LogP contribution in [0.3, 0.4) is 0 Å². The summed E-state index contributed by atoms with van der Waals surface area (Å²) in [6, 6.07) is 4.96. The van der Waals surface area contributed by atoms with Crippen molar-refractivity contribution in [3.63, 3.8) is 0 Å². The van der Waals surface area contributed by atoms with Crippen LogP contribution in [0.25, 0.3) is 0 Å². The van der Waals surface area contributed by atoms with E-state index in [1.165, 1.54) is 12.1 Å². The molecule has 0 aromatic heterocycles. The van der Waals surface area contributed by atoms with Crippen LogP contribution in [0.5, 0.6) is 0 Å². The molecular formula is C19H31ClFIN4O. The zero-order valence-corrected chi connectivity index (χ0v) is 19.2. The smallest absolute Gasteiger partial charge is 0.191 e. The van der Waals surface area contributed by atoms with Gasteiger partial charge in [-0.05, 0) is 43.4 Å². The molecule has 0 aliphatic carbocycles. The minimum Gasteiger partial charge on any atom is -0.385 e. The summed E-state index contributed by atoms with van der Waals surface area (Å²) < 4.78 is 18.2. The third-order valence-electron chi connectivity index (χ3n) is 4.68. The zero-order chi connectivity index (χ0) is 18.8. The van der Waals surface area contributed by atoms with E-state index in [1.807, 2.05) is 0 Å². The van der Waals surface area contributed by atoms with E-state index in [-0.39, 0.29) is 29.8 Å². The Balaban J connectivity index is 0.00000364. The highest BCUT2D eigenvalue weighted by Gasteiger charge is 2.19. The van der Waals surface area contributed by atoms with Crippen LogP contribution >= 0.6 is 35.6 Å². The van der Waals surface area contributed by atoms with Gasteiger partial charge in [-0.15, -0.1) is 24.0 Å². The number of hydrogen-bond donors (Lipinski definition) is 2. The van der Waals surface area contributed by atoms with Crippen LogP contribution < -0.4 is 10.6 Å². The van der Waals surface area contributed by atoms with Crippen molar-refractivity contribution >= 4 is 41.5 Å². The van der Waals surface area contributed by atoms with Gasteiger partial charge < -0.3 is 20.3 Å². The molecule has 27 heavy (non-hydrogen) atoms. The number of nitrogens with zero attached hydrogens (tertiary/aromatic N) is 2. The molecule has 0 spiro atoms. The standard InChI is InChI=1S/C19H30ClFN4O.HI/c1-22-19(23-9-6-15-4-5-16(21)14-18(15)20)24-17-7-11-25(12-8-17)10-3-13-26-2;/h4-5,14,17H,3,6-13H2,1-2H3,(H2,22,23,24);1H. The van der Waals surface area contributed by atoms with E-state index in [1.54, 1.807) is 20.2 Å². The van der Waals surface area contributed by atoms with E-state index in [0.717, 1.165) is 63.4 Å². The quantitative estimate of drug-likeness (QED) is 0.243. The van der Waals surface area contributed by atoms with E-state index in [2.05, 4.69) is 20.5 Å². The van der Waals surface area contributed by atoms with Crippen LogP contribution in [0.2, 0.25) is 5.02 Å². The first kappa shape index (κ1) is 24.4. The minimum absolute atomic E-state index is 0. The number of ether oxygens (including phenoxy) is 1. The number of halogens is 3. The van der Waals surface area contributed by atoms with Crippen molar-refractivity contribution in [2.24, 2.45) is 4.99 Å². The van der Waals surface area contributed by atoms with Crippen LogP contribution in [-0.2, 0) is 11.2 Å². The third-order valence-corrected chi connectivity index (χ3v) is 5.03. The lowest BCUT2D eigenvalue weighted by molar-refractivity contribution is 0.155. The van der Waals surface area contributed by atoms with Crippen molar-refractivity contribution in [3.8, 4) is 0 Å². The van der Waals surface area contributed by atoms with Gasteiger partial charge >= 0.3 is 0 Å². The molecule has 1 aromatic carbocycles. The summed E-state index contributed by atoms with van der Waals surface area (Å²) in [7, 11) is 3.53. The maximum atomic E-state index is 13.1. The van der Waals surface area contributed by atoms with Crippen LogP contribution in [0.4, 0.5) is 4.39 Å². The zero-order valence-electron chi connectivity index (χ0n) is 16.1. The lowest BCUT2D eigenvalue weighted by atomic mass is 10.1. The average Bonchev–Trinajstić information content (AvgIpc) is 2.64. The van der Waals surface area contributed by atoms with Crippen molar-refractivity contribution in [3.05, 3.63) is 34.6 Å². The number of aliphatic imine (C=N–C) groups is 1. The maximum absolute atomic E-state index is 13.1. The van der Waals surface area contributed by atoms with Gasteiger partial charge in [0.05, 0.1) is 0 Å². The molecule has 1 aliphatic heterocycles. The van der Waals surface area contributed by atoms with E-state index in [4.69, 9.17) is 16.3 Å². The SMILES string of the molecule is CN=C(NCCc1ccc(F)cc1Cl)NC1CCN(CCCOC)CC1.I. The Morgan fingerprint density at radius 1 is 1.37 bits per heavy atom. The second-order valence-electron chi connectivity index (χ2n) is 6.59. The predicted molar refractivity (Wildman–Crippen MR) is 121 cm³/mol. The van der Waals surface area contributed by atoms with Gasteiger partial charge in [-0.1, -0.05) is 17.7 Å². The van der Waals surface area contributed by atoms with Gasteiger partial charge in [0.15, 0.2) is 5.96 Å². The molecule has 0 atom stereocenters. The largest absolute Gasteiger partial charge is 0.385 e. The Morgan fingerprint density at radius 3 is 2.74 bits per heavy atom. The number of guanidine groups is 1. The molecule has 0 amide bonds. The highest BCUT2D eigenvalue weighted by atomic mass is 127. The van der Waals surface area contributed by atoms with Gasteiger partial charge in [-0.25, -0.2) is 4.39 Å². The molecule has 0 unspecified atom stereocenters. The lowest BCUT2D eigenvalue weighted by Crippen LogP contribution is -2.49. The van der Waals surface area contributed by atoms with Gasteiger partial charge in [-0.2, -0.15) is 0 Å². The van der Waals surface area contributed by atoms with E-state index >= 15 is 0 Å². The summed E-state index contributed by atoms with van der Waals surface area (Å²) in [5.41, 5.74) is 0.931. The molecule has 8 heteroatoms.